The number of methoxy groups -OCH3 is 1. The van der Waals surface area contributed by atoms with E-state index in [4.69, 9.17) is 4.74 Å². The van der Waals surface area contributed by atoms with Crippen molar-refractivity contribution in [1.29, 1.82) is 0 Å². The van der Waals surface area contributed by atoms with Gasteiger partial charge >= 0.3 is 5.97 Å². The Morgan fingerprint density at radius 2 is 1.80 bits per heavy atom. The van der Waals surface area contributed by atoms with E-state index in [1.165, 1.54) is 35.5 Å². The van der Waals surface area contributed by atoms with E-state index in [0.29, 0.717) is 15.5 Å². The van der Waals surface area contributed by atoms with Gasteiger partial charge in [0.05, 0.1) is 35.2 Å². The van der Waals surface area contributed by atoms with Gasteiger partial charge in [-0.05, 0) is 36.4 Å². The minimum absolute atomic E-state index is 0.108. The third-order valence-corrected chi connectivity index (χ3v) is 5.49. The van der Waals surface area contributed by atoms with Crippen molar-refractivity contribution in [3.05, 3.63) is 89.5 Å². The molecule has 2 aromatic heterocycles. The zero-order valence-electron chi connectivity index (χ0n) is 15.9. The number of aromatic nitrogens is 2. The number of carbonyl (C=O) groups is 2. The van der Waals surface area contributed by atoms with Crippen molar-refractivity contribution in [2.24, 2.45) is 0 Å². The zero-order chi connectivity index (χ0) is 21.1. The molecule has 4 aromatic rings. The first-order valence-electron chi connectivity index (χ1n) is 9.02. The molecule has 0 radical (unpaired) electrons. The summed E-state index contributed by atoms with van der Waals surface area (Å²) < 4.78 is 19.6. The van der Waals surface area contributed by atoms with Crippen LogP contribution in [0.25, 0.3) is 10.2 Å². The molecule has 0 fully saturated rings. The van der Waals surface area contributed by atoms with Crippen molar-refractivity contribution in [1.82, 2.24) is 9.97 Å². The second kappa shape index (κ2) is 8.38. The number of esters is 1. The van der Waals surface area contributed by atoms with Crippen LogP contribution in [0.1, 0.15) is 26.4 Å². The topological polar surface area (TPSA) is 72.4 Å². The average Bonchev–Trinajstić information content (AvgIpc) is 3.22. The Balaban J connectivity index is 1.82. The molecule has 6 nitrogen and oxygen atoms in total. The number of pyridine rings is 1. The van der Waals surface area contributed by atoms with E-state index in [9.17, 15) is 14.0 Å². The lowest BCUT2D eigenvalue weighted by Crippen LogP contribution is -2.32. The monoisotopic (exact) mass is 421 g/mol. The number of benzene rings is 2. The van der Waals surface area contributed by atoms with E-state index in [1.807, 2.05) is 6.07 Å². The second-order valence-electron chi connectivity index (χ2n) is 6.33. The molecule has 0 saturated carbocycles. The van der Waals surface area contributed by atoms with Crippen molar-refractivity contribution in [3.63, 3.8) is 0 Å². The maximum atomic E-state index is 14.2. The number of hydrogen-bond donors (Lipinski definition) is 0. The summed E-state index contributed by atoms with van der Waals surface area (Å²) in [6, 6.07) is 16.4. The molecule has 0 unspecified atom stereocenters. The first-order valence-corrected chi connectivity index (χ1v) is 9.84. The molecule has 0 aliphatic carbocycles. The minimum Gasteiger partial charge on any atom is -0.465 e. The smallest absolute Gasteiger partial charge is 0.338 e. The van der Waals surface area contributed by atoms with Crippen molar-refractivity contribution < 1.29 is 18.7 Å². The zero-order valence-corrected chi connectivity index (χ0v) is 16.7. The number of carbonyl (C=O) groups excluding carboxylic acids is 2. The van der Waals surface area contributed by atoms with Crippen LogP contribution in [0.3, 0.4) is 0 Å². The Bertz CT molecular complexity index is 1230. The molecule has 0 atom stereocenters. The van der Waals surface area contributed by atoms with Crippen LogP contribution in [0.4, 0.5) is 9.52 Å². The summed E-state index contributed by atoms with van der Waals surface area (Å²) in [6.07, 6.45) is 1.62. The number of hydrogen-bond acceptors (Lipinski definition) is 6. The number of rotatable bonds is 5. The van der Waals surface area contributed by atoms with Crippen molar-refractivity contribution >= 4 is 38.6 Å². The first-order chi connectivity index (χ1) is 14.6. The van der Waals surface area contributed by atoms with Crippen LogP contribution in [0.15, 0.2) is 66.9 Å². The molecule has 0 N–H and O–H groups in total. The largest absolute Gasteiger partial charge is 0.465 e. The number of thiazole rings is 1. The van der Waals surface area contributed by atoms with Crippen LogP contribution in [0, 0.1) is 5.82 Å². The van der Waals surface area contributed by atoms with Gasteiger partial charge in [-0.15, -0.1) is 0 Å². The summed E-state index contributed by atoms with van der Waals surface area (Å²) in [5.74, 6) is -1.54. The number of fused-ring (bicyclic) bond motifs is 1. The molecule has 4 rings (SSSR count). The van der Waals surface area contributed by atoms with Crippen LogP contribution < -0.4 is 4.90 Å². The van der Waals surface area contributed by atoms with Crippen molar-refractivity contribution in [3.8, 4) is 0 Å². The van der Waals surface area contributed by atoms with Gasteiger partial charge in [-0.2, -0.15) is 0 Å². The fourth-order valence-electron chi connectivity index (χ4n) is 3.00. The number of halogens is 1. The van der Waals surface area contributed by atoms with Gasteiger partial charge in [-0.3, -0.25) is 14.7 Å². The van der Waals surface area contributed by atoms with Gasteiger partial charge in [0, 0.05) is 6.20 Å². The summed E-state index contributed by atoms with van der Waals surface area (Å²) in [7, 11) is 1.26. The molecule has 0 bridgehead atoms. The van der Waals surface area contributed by atoms with Gasteiger partial charge in [0.1, 0.15) is 11.3 Å². The fourth-order valence-corrected chi connectivity index (χ4v) is 3.98. The Labute approximate surface area is 175 Å². The summed E-state index contributed by atoms with van der Waals surface area (Å²) >= 11 is 1.19. The number of anilines is 1. The quantitative estimate of drug-likeness (QED) is 0.445. The van der Waals surface area contributed by atoms with E-state index < -0.39 is 17.7 Å². The minimum atomic E-state index is -0.618. The summed E-state index contributed by atoms with van der Waals surface area (Å²) in [5.41, 5.74) is 1.13. The summed E-state index contributed by atoms with van der Waals surface area (Å²) in [4.78, 5) is 35.7. The molecule has 0 aliphatic heterocycles. The third-order valence-electron chi connectivity index (χ3n) is 4.44. The molecular formula is C22H16FN3O3S. The highest BCUT2D eigenvalue weighted by Gasteiger charge is 2.26. The lowest BCUT2D eigenvalue weighted by molar-refractivity contribution is 0.0597. The van der Waals surface area contributed by atoms with E-state index in [1.54, 1.807) is 48.7 Å². The SMILES string of the molecule is COC(=O)c1ccccc1C(=O)N(Cc1ccccn1)c1nc2c(F)cccc2s1. The van der Waals surface area contributed by atoms with E-state index in [-0.39, 0.29) is 23.2 Å². The van der Waals surface area contributed by atoms with Crippen molar-refractivity contribution in [2.75, 3.05) is 12.0 Å². The number of ether oxygens (including phenoxy) is 1. The lowest BCUT2D eigenvalue weighted by Gasteiger charge is -2.20. The number of para-hydroxylation sites is 1. The third kappa shape index (κ3) is 3.77. The molecule has 0 aliphatic rings. The van der Waals surface area contributed by atoms with Crippen LogP contribution in [0.5, 0.6) is 0 Å². The summed E-state index contributed by atoms with van der Waals surface area (Å²) in [5, 5.41) is 0.311. The highest BCUT2D eigenvalue weighted by molar-refractivity contribution is 7.22. The Morgan fingerprint density at radius 1 is 1.03 bits per heavy atom. The van der Waals surface area contributed by atoms with Gasteiger partial charge < -0.3 is 4.74 Å². The van der Waals surface area contributed by atoms with E-state index in [0.717, 1.165) is 0 Å². The summed E-state index contributed by atoms with van der Waals surface area (Å²) in [6.45, 7) is 0.108. The molecular weight excluding hydrogens is 405 g/mol. The second-order valence-corrected chi connectivity index (χ2v) is 7.34. The number of nitrogens with zero attached hydrogens (tertiary/aromatic N) is 3. The molecule has 8 heteroatoms. The fraction of sp³-hybridized carbons (Fsp3) is 0.0909. The molecule has 0 spiro atoms. The van der Waals surface area contributed by atoms with Gasteiger partial charge in [-0.25, -0.2) is 14.2 Å². The standard InChI is InChI=1S/C22H16FN3O3S/c1-29-21(28)16-9-3-2-8-15(16)20(27)26(13-14-7-4-5-12-24-14)22-25-19-17(23)10-6-11-18(19)30-22/h2-12H,13H2,1H3. The van der Waals surface area contributed by atoms with Crippen molar-refractivity contribution in [2.45, 2.75) is 6.54 Å². The highest BCUT2D eigenvalue weighted by Crippen LogP contribution is 2.32. The normalized spacial score (nSPS) is 10.7. The number of amides is 1. The van der Waals surface area contributed by atoms with Gasteiger partial charge in [0.2, 0.25) is 0 Å². The molecule has 0 saturated heterocycles. The Kier molecular flexibility index (Phi) is 5.49. The predicted molar refractivity (Wildman–Crippen MR) is 112 cm³/mol. The predicted octanol–water partition coefficient (Wildman–Crippen LogP) is 4.46. The van der Waals surface area contributed by atoms with E-state index >= 15 is 0 Å². The molecule has 2 heterocycles. The van der Waals surface area contributed by atoms with Gasteiger partial charge in [-0.1, -0.05) is 35.6 Å². The first kappa shape index (κ1) is 19.7. The van der Waals surface area contributed by atoms with Crippen LogP contribution in [0.2, 0.25) is 0 Å². The van der Waals surface area contributed by atoms with Gasteiger partial charge in [0.15, 0.2) is 5.13 Å². The Hall–Kier alpha value is -3.65. The highest BCUT2D eigenvalue weighted by atomic mass is 32.1. The maximum Gasteiger partial charge on any atom is 0.338 e. The lowest BCUT2D eigenvalue weighted by atomic mass is 10.1. The molecule has 1 amide bonds. The Morgan fingerprint density at radius 3 is 2.50 bits per heavy atom. The maximum absolute atomic E-state index is 14.2. The molecule has 150 valence electrons. The van der Waals surface area contributed by atoms with Crippen LogP contribution >= 0.6 is 11.3 Å². The van der Waals surface area contributed by atoms with Crippen LogP contribution in [-0.2, 0) is 11.3 Å². The average molecular weight is 421 g/mol. The van der Waals surface area contributed by atoms with Crippen LogP contribution in [-0.4, -0.2) is 29.0 Å². The molecule has 30 heavy (non-hydrogen) atoms. The van der Waals surface area contributed by atoms with E-state index in [2.05, 4.69) is 9.97 Å². The molecule has 2 aromatic carbocycles. The van der Waals surface area contributed by atoms with Gasteiger partial charge in [0.25, 0.3) is 5.91 Å².